The Morgan fingerprint density at radius 2 is 2.00 bits per heavy atom. The Bertz CT molecular complexity index is 701. The molecule has 0 unspecified atom stereocenters. The summed E-state index contributed by atoms with van der Waals surface area (Å²) in [6, 6.07) is 8.74. The summed E-state index contributed by atoms with van der Waals surface area (Å²) in [7, 11) is 0. The Morgan fingerprint density at radius 1 is 1.26 bits per heavy atom. The first-order valence-corrected chi connectivity index (χ1v) is 7.23. The molecule has 0 spiro atoms. The molecule has 2 rings (SSSR count). The summed E-state index contributed by atoms with van der Waals surface area (Å²) in [5.74, 6) is -0.167. The molecular weight excluding hydrogens is 307 g/mol. The van der Waals surface area contributed by atoms with Gasteiger partial charge in [0.1, 0.15) is 0 Å². The third-order valence-electron chi connectivity index (χ3n) is 3.30. The van der Waals surface area contributed by atoms with Crippen LogP contribution in [0.3, 0.4) is 0 Å². The lowest BCUT2D eigenvalue weighted by Gasteiger charge is -2.21. The van der Waals surface area contributed by atoms with Crippen molar-refractivity contribution in [2.75, 3.05) is 18.4 Å². The van der Waals surface area contributed by atoms with Gasteiger partial charge >= 0.3 is 6.18 Å². The van der Waals surface area contributed by atoms with Gasteiger partial charge in [0.15, 0.2) is 0 Å². The molecule has 0 aliphatic carbocycles. The number of aromatic nitrogens is 1. The van der Waals surface area contributed by atoms with Crippen LogP contribution in [0, 0.1) is 0 Å². The summed E-state index contributed by atoms with van der Waals surface area (Å²) in [6.45, 7) is 2.59. The Morgan fingerprint density at radius 3 is 2.61 bits per heavy atom. The van der Waals surface area contributed by atoms with Crippen molar-refractivity contribution in [3.05, 3.63) is 36.0 Å². The van der Waals surface area contributed by atoms with E-state index in [2.05, 4.69) is 10.3 Å². The van der Waals surface area contributed by atoms with E-state index in [1.807, 2.05) is 0 Å². The fraction of sp³-hybridized carbons (Fsp3) is 0.375. The Labute approximate surface area is 132 Å². The van der Waals surface area contributed by atoms with Crippen molar-refractivity contribution < 1.29 is 18.0 Å². The molecule has 124 valence electrons. The summed E-state index contributed by atoms with van der Waals surface area (Å²) in [5.41, 5.74) is 1.92. The van der Waals surface area contributed by atoms with Gasteiger partial charge in [-0.1, -0.05) is 13.0 Å². The molecule has 0 radical (unpaired) electrons. The summed E-state index contributed by atoms with van der Waals surface area (Å²) in [6.07, 6.45) is -4.22. The highest BCUT2D eigenvalue weighted by Gasteiger charge is 2.30. The van der Waals surface area contributed by atoms with Crippen LogP contribution in [-0.2, 0) is 11.3 Å². The van der Waals surface area contributed by atoms with Gasteiger partial charge in [0.05, 0.1) is 17.8 Å². The maximum absolute atomic E-state index is 12.5. The molecule has 0 atom stereocenters. The molecule has 0 fully saturated rings. The normalized spacial score (nSPS) is 11.9. The molecule has 4 nitrogen and oxygen atoms in total. The molecule has 1 N–H and O–H groups in total. The maximum atomic E-state index is 12.5. The number of amides is 1. The number of halogens is 3. The summed E-state index contributed by atoms with van der Waals surface area (Å²) in [4.78, 5) is 16.7. The molecule has 0 aliphatic heterocycles. The van der Waals surface area contributed by atoms with Crippen molar-refractivity contribution in [3.63, 3.8) is 0 Å². The molecule has 0 saturated heterocycles. The minimum absolute atomic E-state index is 0.138. The van der Waals surface area contributed by atoms with E-state index >= 15 is 0 Å². The highest BCUT2D eigenvalue weighted by Crippen LogP contribution is 2.20. The zero-order valence-electron chi connectivity index (χ0n) is 12.9. The number of nitrogens with one attached hydrogen (secondary N) is 1. The van der Waals surface area contributed by atoms with E-state index in [1.54, 1.807) is 37.3 Å². The van der Waals surface area contributed by atoms with Crippen LogP contribution in [-0.4, -0.2) is 35.1 Å². The molecule has 23 heavy (non-hydrogen) atoms. The Hall–Kier alpha value is -2.15. The van der Waals surface area contributed by atoms with Crippen molar-refractivity contribution in [1.82, 2.24) is 9.88 Å². The largest absolute Gasteiger partial charge is 0.401 e. The number of fused-ring (bicyclic) bond motifs is 1. The average molecular weight is 325 g/mol. The first-order chi connectivity index (χ1) is 10.8. The summed E-state index contributed by atoms with van der Waals surface area (Å²) >= 11 is 0. The molecule has 1 heterocycles. The van der Waals surface area contributed by atoms with E-state index in [4.69, 9.17) is 0 Å². The lowest BCUT2D eigenvalue weighted by atomic mass is 10.1. The van der Waals surface area contributed by atoms with E-state index in [-0.39, 0.29) is 12.5 Å². The molecule has 7 heteroatoms. The maximum Gasteiger partial charge on any atom is 0.401 e. The average Bonchev–Trinajstić information content (AvgIpc) is 2.44. The van der Waals surface area contributed by atoms with Gasteiger partial charge in [-0.15, -0.1) is 0 Å². The summed E-state index contributed by atoms with van der Waals surface area (Å²) < 4.78 is 37.5. The van der Waals surface area contributed by atoms with Crippen LogP contribution in [0.1, 0.15) is 19.5 Å². The number of alkyl halides is 3. The van der Waals surface area contributed by atoms with Gasteiger partial charge in [-0.25, -0.2) is 0 Å². The number of rotatable bonds is 5. The second-order valence-electron chi connectivity index (χ2n) is 5.31. The predicted octanol–water partition coefficient (Wildman–Crippen LogP) is 3.58. The molecule has 1 amide bonds. The first-order valence-electron chi connectivity index (χ1n) is 7.23. The third-order valence-corrected chi connectivity index (χ3v) is 3.30. The second-order valence-corrected chi connectivity index (χ2v) is 5.31. The van der Waals surface area contributed by atoms with Gasteiger partial charge < -0.3 is 5.32 Å². The quantitative estimate of drug-likeness (QED) is 0.914. The number of anilines is 1. The molecule has 1 aromatic carbocycles. The fourth-order valence-corrected chi connectivity index (χ4v) is 2.30. The van der Waals surface area contributed by atoms with Gasteiger partial charge in [-0.2, -0.15) is 13.2 Å². The van der Waals surface area contributed by atoms with E-state index < -0.39 is 12.7 Å². The number of hydrogen-bond donors (Lipinski definition) is 1. The fourth-order valence-electron chi connectivity index (χ4n) is 2.30. The van der Waals surface area contributed by atoms with Crippen molar-refractivity contribution in [2.45, 2.75) is 26.6 Å². The molecular formula is C16H18F3N3O. The van der Waals surface area contributed by atoms with Crippen molar-refractivity contribution >= 4 is 22.5 Å². The van der Waals surface area contributed by atoms with Gasteiger partial charge in [-0.05, 0) is 30.8 Å². The molecule has 2 aromatic rings. The van der Waals surface area contributed by atoms with Gasteiger partial charge in [0, 0.05) is 24.5 Å². The van der Waals surface area contributed by atoms with Gasteiger partial charge in [0.25, 0.3) is 0 Å². The molecule has 1 aromatic heterocycles. The van der Waals surface area contributed by atoms with Crippen molar-refractivity contribution in [1.29, 1.82) is 0 Å². The zero-order valence-corrected chi connectivity index (χ0v) is 12.9. The lowest BCUT2D eigenvalue weighted by molar-refractivity contribution is -0.146. The number of carbonyl (C=O) groups excluding carboxylic acids is 1. The highest BCUT2D eigenvalue weighted by atomic mass is 19.4. The third kappa shape index (κ3) is 5.21. The lowest BCUT2D eigenvalue weighted by Crippen LogP contribution is -2.33. The van der Waals surface area contributed by atoms with E-state index in [0.29, 0.717) is 23.4 Å². The number of pyridine rings is 1. The monoisotopic (exact) mass is 325 g/mol. The van der Waals surface area contributed by atoms with Crippen LogP contribution >= 0.6 is 0 Å². The number of hydrogen-bond acceptors (Lipinski definition) is 3. The number of nitrogens with zero attached hydrogens (tertiary/aromatic N) is 2. The van der Waals surface area contributed by atoms with Crippen LogP contribution < -0.4 is 5.32 Å². The van der Waals surface area contributed by atoms with Crippen LogP contribution in [0.2, 0.25) is 0 Å². The first kappa shape index (κ1) is 17.2. The highest BCUT2D eigenvalue weighted by molar-refractivity contribution is 5.92. The van der Waals surface area contributed by atoms with Crippen LogP contribution in [0.5, 0.6) is 0 Å². The van der Waals surface area contributed by atoms with Crippen LogP contribution in [0.4, 0.5) is 18.9 Å². The Balaban J connectivity index is 2.18. The van der Waals surface area contributed by atoms with Gasteiger partial charge in [0.2, 0.25) is 5.91 Å². The van der Waals surface area contributed by atoms with E-state index in [1.165, 1.54) is 11.8 Å². The Kier molecular flexibility index (Phi) is 5.20. The van der Waals surface area contributed by atoms with E-state index in [9.17, 15) is 18.0 Å². The number of carbonyl (C=O) groups is 1. The second kappa shape index (κ2) is 6.95. The zero-order chi connectivity index (χ0) is 17.0. The minimum Gasteiger partial charge on any atom is -0.326 e. The number of benzene rings is 1. The van der Waals surface area contributed by atoms with Gasteiger partial charge in [-0.3, -0.25) is 14.7 Å². The molecule has 0 aliphatic rings. The minimum atomic E-state index is -4.22. The standard InChI is InChI=1S/C16H18F3N3O/c1-3-22(10-16(17,18)19)9-14-5-4-12-8-13(20-11(2)23)6-7-15(12)21-14/h4-8H,3,9-10H2,1-2H3,(H,20,23). The molecule has 0 saturated carbocycles. The predicted molar refractivity (Wildman–Crippen MR) is 83.1 cm³/mol. The smallest absolute Gasteiger partial charge is 0.326 e. The van der Waals surface area contributed by atoms with Crippen LogP contribution in [0.25, 0.3) is 10.9 Å². The topological polar surface area (TPSA) is 45.2 Å². The van der Waals surface area contributed by atoms with Crippen molar-refractivity contribution in [2.24, 2.45) is 0 Å². The SMILES string of the molecule is CCN(Cc1ccc2cc(NC(C)=O)ccc2n1)CC(F)(F)F. The molecule has 0 bridgehead atoms. The van der Waals surface area contributed by atoms with Crippen molar-refractivity contribution in [3.8, 4) is 0 Å². The van der Waals surface area contributed by atoms with E-state index in [0.717, 1.165) is 5.39 Å². The summed E-state index contributed by atoms with van der Waals surface area (Å²) in [5, 5.41) is 3.50. The van der Waals surface area contributed by atoms with Crippen LogP contribution in [0.15, 0.2) is 30.3 Å².